The second kappa shape index (κ2) is 4.58. The van der Waals surface area contributed by atoms with Gasteiger partial charge in [-0.3, -0.25) is 0 Å². The zero-order valence-corrected chi connectivity index (χ0v) is 13.0. The fourth-order valence-electron chi connectivity index (χ4n) is 0.408. The molecule has 0 atom stereocenters. The molecule has 0 rings (SSSR count). The Hall–Kier alpha value is 1.43. The van der Waals surface area contributed by atoms with Crippen LogP contribution in [0.25, 0.3) is 0 Å². The van der Waals surface area contributed by atoms with Gasteiger partial charge >= 0.3 is 70.4 Å². The fourth-order valence-corrected chi connectivity index (χ4v) is 3.76. The first-order valence-corrected chi connectivity index (χ1v) is 6.53. The zero-order chi connectivity index (χ0) is 4.99. The van der Waals surface area contributed by atoms with Crippen LogP contribution in [0.15, 0.2) is 0 Å². The van der Waals surface area contributed by atoms with Gasteiger partial charge in [0.05, 0.1) is 0 Å². The van der Waals surface area contributed by atoms with Crippen LogP contribution in [0.1, 0.15) is 13.8 Å². The molecule has 34 valence electrons. The topological polar surface area (TPSA) is 12.0 Å². The summed E-state index contributed by atoms with van der Waals surface area (Å²) in [6.45, 7) is 5.68. The summed E-state index contributed by atoms with van der Waals surface area (Å²) in [5.41, 5.74) is 0. The van der Waals surface area contributed by atoms with E-state index in [2.05, 4.69) is 14.7 Å². The Morgan fingerprint density at radius 1 is 1.67 bits per heavy atom. The van der Waals surface area contributed by atoms with Gasteiger partial charge in [-0.05, 0) is 0 Å². The SMILES string of the molecule is CC(C)C[NH][RaH]. The number of hydrogen-bond acceptors (Lipinski definition) is 1. The first-order chi connectivity index (χ1) is 2.77. The molecule has 0 fully saturated rings. The van der Waals surface area contributed by atoms with E-state index >= 15 is 0 Å². The van der Waals surface area contributed by atoms with Crippen molar-refractivity contribution in [1.82, 2.24) is 0.848 Å². The molecule has 0 aromatic rings. The molecule has 0 saturated carbocycles. The van der Waals surface area contributed by atoms with E-state index in [0.29, 0.717) is 43.2 Å². The molecule has 6 heavy (non-hydrogen) atoms. The predicted molar refractivity (Wildman–Crippen MR) is 24.2 cm³/mol. The summed E-state index contributed by atoms with van der Waals surface area (Å²) in [5.74, 6) is 0.844. The molecule has 0 heterocycles. The summed E-state index contributed by atoms with van der Waals surface area (Å²) in [6.07, 6.45) is 0. The van der Waals surface area contributed by atoms with Crippen LogP contribution in [0, 0.1) is 49.1 Å². The van der Waals surface area contributed by atoms with Gasteiger partial charge in [-0.1, -0.05) is 0 Å². The maximum absolute atomic E-state index is 3.30. The van der Waals surface area contributed by atoms with Gasteiger partial charge in [0.1, 0.15) is 0 Å². The Kier molecular flexibility index (Phi) is 5.67. The van der Waals surface area contributed by atoms with E-state index in [0.717, 1.165) is 5.92 Å². The standard InChI is InChI=1S/C4H10N.Ra.H/c1-4(2)3-5;;/h4-5H,3H2,1-2H3;;/q-1;+1;. The van der Waals surface area contributed by atoms with E-state index in [1.165, 1.54) is 6.54 Å². The van der Waals surface area contributed by atoms with Gasteiger partial charge in [-0.25, -0.2) is 0 Å². The van der Waals surface area contributed by atoms with E-state index in [4.69, 9.17) is 0 Å². The summed E-state index contributed by atoms with van der Waals surface area (Å²) < 4.78 is 3.30. The van der Waals surface area contributed by atoms with E-state index in [1.54, 1.807) is 0 Å². The van der Waals surface area contributed by atoms with Crippen molar-refractivity contribution in [1.29, 1.82) is 0 Å². The van der Waals surface area contributed by atoms with Gasteiger partial charge in [0, 0.05) is 0 Å². The third-order valence-corrected chi connectivity index (χ3v) is 2.29. The molecule has 0 radical (unpaired) electrons. The van der Waals surface area contributed by atoms with Gasteiger partial charge < -0.3 is 0 Å². The van der Waals surface area contributed by atoms with Crippen LogP contribution in [0.3, 0.4) is 0 Å². The molecule has 0 saturated heterocycles. The molecule has 1 N–H and O–H groups in total. The van der Waals surface area contributed by atoms with Crippen LogP contribution in [0.2, 0.25) is 0 Å². The fraction of sp³-hybridized carbons (Fsp3) is 1.00. The molecule has 0 bridgehead atoms. The second-order valence-corrected chi connectivity index (χ2v) is 4.86. The van der Waals surface area contributed by atoms with Crippen molar-refractivity contribution in [2.24, 2.45) is 5.92 Å². The average molecular weight is 299 g/mol. The van der Waals surface area contributed by atoms with Crippen molar-refractivity contribution in [3.63, 3.8) is 0 Å². The van der Waals surface area contributed by atoms with Gasteiger partial charge in [0.25, 0.3) is 0 Å². The molecule has 1 nitrogen and oxygen atoms in total. The molecule has 0 aliphatic rings. The first-order valence-electron chi connectivity index (χ1n) is 2.42. The number of hydrogen-bond donors (Lipinski definition) is 1. The molecule has 0 aliphatic carbocycles. The normalized spacial score (nSPS) is 9.67. The van der Waals surface area contributed by atoms with Gasteiger partial charge in [-0.2, -0.15) is 0 Å². The van der Waals surface area contributed by atoms with Gasteiger partial charge in [0.2, 0.25) is 0 Å². The molecule has 2 heteroatoms. The average Bonchev–Trinajstić information content (AvgIpc) is 1.35. The van der Waals surface area contributed by atoms with Crippen LogP contribution in [0.5, 0.6) is 0 Å². The third kappa shape index (κ3) is 5.43. The Balaban J connectivity index is 2.63. The van der Waals surface area contributed by atoms with Crippen LogP contribution in [-0.2, 0) is 0 Å². The van der Waals surface area contributed by atoms with E-state index in [9.17, 15) is 0 Å². The summed E-state index contributed by atoms with van der Waals surface area (Å²) in [5, 5.41) is 0. The van der Waals surface area contributed by atoms with Crippen molar-refractivity contribution in [3.8, 4) is 0 Å². The molecule has 0 unspecified atom stereocenters. The first kappa shape index (κ1) is 7.43. The van der Waals surface area contributed by atoms with Crippen LogP contribution < -0.4 is 0.848 Å². The second-order valence-electron chi connectivity index (χ2n) is 1.95. The molecule has 0 aromatic carbocycles. The molecule has 0 spiro atoms. The summed E-state index contributed by atoms with van der Waals surface area (Å²) in [7, 11) is 0. The molecule has 0 aromatic heterocycles. The van der Waals surface area contributed by atoms with Crippen molar-refractivity contribution >= 4 is 0 Å². The molecular weight excluding hydrogens is 288 g/mol. The van der Waals surface area contributed by atoms with Crippen LogP contribution in [-0.4, -0.2) is 6.54 Å². The van der Waals surface area contributed by atoms with Crippen molar-refractivity contribution in [2.45, 2.75) is 13.8 Å². The summed E-state index contributed by atoms with van der Waals surface area (Å²) in [6, 6.07) is 0. The molecule has 0 amide bonds. The van der Waals surface area contributed by atoms with Gasteiger partial charge in [0.15, 0.2) is 0 Å². The van der Waals surface area contributed by atoms with Crippen LogP contribution in [0.4, 0.5) is 0 Å². The minimum absolute atomic E-state index is 0.591. The van der Waals surface area contributed by atoms with Crippen molar-refractivity contribution < 1.29 is 43.2 Å². The Morgan fingerprint density at radius 3 is 2.17 bits per heavy atom. The van der Waals surface area contributed by atoms with Crippen LogP contribution >= 0.6 is 0 Å². The van der Waals surface area contributed by atoms with E-state index in [-0.39, 0.29) is 0 Å². The van der Waals surface area contributed by atoms with E-state index in [1.807, 2.05) is 0 Å². The predicted octanol–water partition coefficient (Wildman–Crippen LogP) is 0.429. The third-order valence-electron chi connectivity index (χ3n) is 0.612. The number of nitrogens with one attached hydrogen (secondary N) is 1. The minimum atomic E-state index is 0.591. The summed E-state index contributed by atoms with van der Waals surface area (Å²) >= 11 is 0.591. The Bertz CT molecular complexity index is 28.7. The van der Waals surface area contributed by atoms with E-state index < -0.39 is 0 Å². The quantitative estimate of drug-likeness (QED) is 0.780. The zero-order valence-electron chi connectivity index (χ0n) is 4.78. The van der Waals surface area contributed by atoms with Crippen molar-refractivity contribution in [2.75, 3.05) is 6.54 Å². The summed E-state index contributed by atoms with van der Waals surface area (Å²) in [4.78, 5) is 0. The Morgan fingerprint density at radius 2 is 2.17 bits per heavy atom. The van der Waals surface area contributed by atoms with Gasteiger partial charge in [-0.15, -0.1) is 0 Å². The number of rotatable bonds is 2. The monoisotopic (exact) mass is 299 g/mol. The van der Waals surface area contributed by atoms with Crippen molar-refractivity contribution in [3.05, 3.63) is 0 Å². The maximum atomic E-state index is 3.30. The molecule has 0 aliphatic heterocycles. The molecular formula is C4H11NRa. The Labute approximate surface area is 69.4 Å².